The van der Waals surface area contributed by atoms with E-state index < -0.39 is 0 Å². The van der Waals surface area contributed by atoms with Crippen molar-refractivity contribution in [1.29, 1.82) is 0 Å². The van der Waals surface area contributed by atoms with Crippen molar-refractivity contribution in [2.45, 2.75) is 20.8 Å². The summed E-state index contributed by atoms with van der Waals surface area (Å²) in [5.41, 5.74) is 7.99. The average molecular weight is 379 g/mol. The lowest BCUT2D eigenvalue weighted by atomic mass is 10.1. The van der Waals surface area contributed by atoms with Gasteiger partial charge in [-0.25, -0.2) is 9.61 Å². The highest BCUT2D eigenvalue weighted by molar-refractivity contribution is 7.11. The molecule has 0 saturated heterocycles. The van der Waals surface area contributed by atoms with Crippen LogP contribution in [0.15, 0.2) is 39.4 Å². The maximum absolute atomic E-state index is 4.73. The lowest BCUT2D eigenvalue weighted by Crippen LogP contribution is -2.04. The van der Waals surface area contributed by atoms with Gasteiger partial charge in [0.1, 0.15) is 0 Å². The highest BCUT2D eigenvalue weighted by Gasteiger charge is 2.14. The summed E-state index contributed by atoms with van der Waals surface area (Å²) < 4.78 is 4.73. The molecule has 3 heterocycles. The van der Waals surface area contributed by atoms with E-state index in [4.69, 9.17) is 4.63 Å². The molecule has 0 spiro atoms. The first-order valence-electron chi connectivity index (χ1n) is 8.28. The molecule has 27 heavy (non-hydrogen) atoms. The van der Waals surface area contributed by atoms with Gasteiger partial charge in [-0.1, -0.05) is 12.1 Å². The Hall–Kier alpha value is -3.33. The second-order valence-electron chi connectivity index (χ2n) is 6.04. The molecule has 0 saturated carbocycles. The highest BCUT2D eigenvalue weighted by atomic mass is 32.1. The molecule has 2 N–H and O–H groups in total. The molecule has 3 aromatic heterocycles. The Labute approximate surface area is 159 Å². The maximum Gasteiger partial charge on any atom is 0.245 e. The number of rotatable bonds is 5. The monoisotopic (exact) mass is 379 g/mol. The number of aromatic nitrogens is 4. The van der Waals surface area contributed by atoms with Crippen LogP contribution in [0.5, 0.6) is 0 Å². The zero-order valence-corrected chi connectivity index (χ0v) is 15.8. The van der Waals surface area contributed by atoms with Crippen molar-refractivity contribution in [3.05, 3.63) is 51.2 Å². The number of fused-ring (bicyclic) bond motifs is 1. The molecule has 0 radical (unpaired) electrons. The smallest absolute Gasteiger partial charge is 0.245 e. The van der Waals surface area contributed by atoms with Gasteiger partial charge in [-0.15, -0.1) is 11.3 Å². The third kappa shape index (κ3) is 3.49. The highest BCUT2D eigenvalue weighted by Crippen LogP contribution is 2.27. The molecule has 0 amide bonds. The fourth-order valence-corrected chi connectivity index (χ4v) is 3.27. The van der Waals surface area contributed by atoms with Crippen LogP contribution in [0.3, 0.4) is 0 Å². The number of anilines is 3. The SMILES string of the molecule is Cc1ccsc1/C=N\Nc1nc2nonc2nc1Nc1cccc(C)c1C. The molecule has 8 nitrogen and oxygen atoms in total. The molecule has 1 aromatic carbocycles. The molecule has 9 heteroatoms. The number of nitrogens with zero attached hydrogens (tertiary/aromatic N) is 5. The normalized spacial score (nSPS) is 11.4. The summed E-state index contributed by atoms with van der Waals surface area (Å²) in [7, 11) is 0. The van der Waals surface area contributed by atoms with Gasteiger partial charge in [0, 0.05) is 10.6 Å². The van der Waals surface area contributed by atoms with E-state index in [2.05, 4.69) is 49.1 Å². The molecule has 136 valence electrons. The van der Waals surface area contributed by atoms with Crippen LogP contribution in [-0.2, 0) is 0 Å². The van der Waals surface area contributed by atoms with Gasteiger partial charge in [0.15, 0.2) is 11.6 Å². The maximum atomic E-state index is 4.73. The zero-order valence-electron chi connectivity index (χ0n) is 15.0. The molecule has 0 unspecified atom stereocenters. The Balaban J connectivity index is 1.68. The Morgan fingerprint density at radius 3 is 2.52 bits per heavy atom. The van der Waals surface area contributed by atoms with E-state index in [0.717, 1.165) is 16.1 Å². The quantitative estimate of drug-likeness (QED) is 0.396. The summed E-state index contributed by atoms with van der Waals surface area (Å²) in [5.74, 6) is 0.927. The number of thiophene rings is 1. The van der Waals surface area contributed by atoms with Crippen molar-refractivity contribution in [2.24, 2.45) is 5.10 Å². The fraction of sp³-hybridized carbons (Fsp3) is 0.167. The minimum absolute atomic E-state index is 0.312. The van der Waals surface area contributed by atoms with Crippen LogP contribution >= 0.6 is 11.3 Å². The molecule has 0 bridgehead atoms. The van der Waals surface area contributed by atoms with Crippen LogP contribution in [0.1, 0.15) is 21.6 Å². The van der Waals surface area contributed by atoms with Gasteiger partial charge in [0.2, 0.25) is 11.3 Å². The molecular weight excluding hydrogens is 362 g/mol. The summed E-state index contributed by atoms with van der Waals surface area (Å²) >= 11 is 1.62. The Kier molecular flexibility index (Phi) is 4.51. The molecule has 0 atom stereocenters. The van der Waals surface area contributed by atoms with Crippen molar-refractivity contribution >= 4 is 46.2 Å². The van der Waals surface area contributed by atoms with Crippen LogP contribution in [0.2, 0.25) is 0 Å². The molecular formula is C18H17N7OS. The van der Waals surface area contributed by atoms with E-state index in [1.165, 1.54) is 11.1 Å². The molecule has 0 fully saturated rings. The predicted octanol–water partition coefficient (Wildman–Crippen LogP) is 4.19. The Morgan fingerprint density at radius 2 is 1.78 bits per heavy atom. The Bertz CT molecular complexity index is 1130. The molecule has 0 aliphatic heterocycles. The number of hydrogen-bond donors (Lipinski definition) is 2. The lowest BCUT2D eigenvalue weighted by molar-refractivity contribution is 0.314. The van der Waals surface area contributed by atoms with Gasteiger partial charge in [-0.05, 0) is 65.3 Å². The third-order valence-electron chi connectivity index (χ3n) is 4.23. The number of hydrogen-bond acceptors (Lipinski definition) is 9. The van der Waals surface area contributed by atoms with Gasteiger partial charge in [-0.2, -0.15) is 10.1 Å². The number of nitrogens with one attached hydrogen (secondary N) is 2. The molecule has 0 aliphatic carbocycles. The largest absolute Gasteiger partial charge is 0.337 e. The van der Waals surface area contributed by atoms with E-state index in [-0.39, 0.29) is 0 Å². The van der Waals surface area contributed by atoms with Crippen LogP contribution in [0.25, 0.3) is 11.3 Å². The van der Waals surface area contributed by atoms with Crippen LogP contribution in [-0.4, -0.2) is 26.5 Å². The summed E-state index contributed by atoms with van der Waals surface area (Å²) in [6.07, 6.45) is 1.76. The minimum atomic E-state index is 0.312. The van der Waals surface area contributed by atoms with Crippen molar-refractivity contribution < 1.29 is 4.63 Å². The molecule has 4 aromatic rings. The topological polar surface area (TPSA) is 101 Å². The van der Waals surface area contributed by atoms with E-state index in [1.54, 1.807) is 17.6 Å². The Morgan fingerprint density at radius 1 is 1.00 bits per heavy atom. The number of aryl methyl sites for hydroxylation is 2. The summed E-state index contributed by atoms with van der Waals surface area (Å²) in [6.45, 7) is 6.15. The minimum Gasteiger partial charge on any atom is -0.337 e. The van der Waals surface area contributed by atoms with Crippen molar-refractivity contribution in [2.75, 3.05) is 10.7 Å². The van der Waals surface area contributed by atoms with Gasteiger partial charge >= 0.3 is 0 Å². The van der Waals surface area contributed by atoms with Gasteiger partial charge in [-0.3, -0.25) is 5.43 Å². The molecule has 4 rings (SSSR count). The lowest BCUT2D eigenvalue weighted by Gasteiger charge is -2.12. The zero-order chi connectivity index (χ0) is 18.8. The predicted molar refractivity (Wildman–Crippen MR) is 107 cm³/mol. The first-order valence-corrected chi connectivity index (χ1v) is 9.16. The van der Waals surface area contributed by atoms with Crippen LogP contribution in [0, 0.1) is 20.8 Å². The van der Waals surface area contributed by atoms with E-state index in [1.807, 2.05) is 37.4 Å². The summed E-state index contributed by atoms with van der Waals surface area (Å²) in [4.78, 5) is 9.94. The standard InChI is InChI=1S/C18H17N7OS/c1-10-5-4-6-13(12(10)3)20-15-16(22-18-17(21-15)24-26-25-18)23-19-9-14-11(2)7-8-27-14/h4-9H,1-3H3,(H,20,21,24)(H,22,23,25)/b19-9-. The van der Waals surface area contributed by atoms with E-state index in [0.29, 0.717) is 22.9 Å². The average Bonchev–Trinajstić information content (AvgIpc) is 3.27. The molecule has 0 aliphatic rings. The fourth-order valence-electron chi connectivity index (χ4n) is 2.49. The summed E-state index contributed by atoms with van der Waals surface area (Å²) in [5, 5.41) is 17.1. The van der Waals surface area contributed by atoms with Crippen molar-refractivity contribution in [1.82, 2.24) is 20.3 Å². The van der Waals surface area contributed by atoms with Crippen molar-refractivity contribution in [3.8, 4) is 0 Å². The first kappa shape index (κ1) is 17.1. The first-order chi connectivity index (χ1) is 13.1. The number of benzene rings is 1. The van der Waals surface area contributed by atoms with Gasteiger partial charge in [0.05, 0.1) is 6.21 Å². The van der Waals surface area contributed by atoms with Crippen molar-refractivity contribution in [3.63, 3.8) is 0 Å². The van der Waals surface area contributed by atoms with Crippen LogP contribution < -0.4 is 10.7 Å². The summed E-state index contributed by atoms with van der Waals surface area (Å²) in [6, 6.07) is 8.08. The second-order valence-corrected chi connectivity index (χ2v) is 6.99. The third-order valence-corrected chi connectivity index (χ3v) is 5.18. The second kappa shape index (κ2) is 7.12. The van der Waals surface area contributed by atoms with Crippen LogP contribution in [0.4, 0.5) is 17.3 Å². The van der Waals surface area contributed by atoms with Gasteiger partial charge in [0.25, 0.3) is 0 Å². The van der Waals surface area contributed by atoms with E-state index >= 15 is 0 Å². The number of hydrazone groups is 1. The van der Waals surface area contributed by atoms with Gasteiger partial charge < -0.3 is 5.32 Å². The van der Waals surface area contributed by atoms with E-state index in [9.17, 15) is 0 Å².